The number of esters is 1. The summed E-state index contributed by atoms with van der Waals surface area (Å²) in [6.07, 6.45) is 0. The number of nitrogens with zero attached hydrogens (tertiary/aromatic N) is 1. The van der Waals surface area contributed by atoms with Crippen LogP contribution < -0.4 is 0 Å². The van der Waals surface area contributed by atoms with E-state index in [9.17, 15) is 4.79 Å². The number of hydrogen-bond acceptors (Lipinski definition) is 4. The average Bonchev–Trinajstić information content (AvgIpc) is 2.32. The van der Waals surface area contributed by atoms with Crippen LogP contribution in [0.5, 0.6) is 0 Å². The van der Waals surface area contributed by atoms with Crippen LogP contribution in [0.15, 0.2) is 0 Å². The molecule has 0 aromatic rings. The van der Waals surface area contributed by atoms with Crippen LogP contribution in [0.2, 0.25) is 0 Å². The minimum atomic E-state index is -0.438. The third kappa shape index (κ3) is 3.57. The molecule has 0 spiro atoms. The van der Waals surface area contributed by atoms with Gasteiger partial charge < -0.3 is 9.64 Å². The van der Waals surface area contributed by atoms with E-state index in [1.54, 1.807) is 4.90 Å². The summed E-state index contributed by atoms with van der Waals surface area (Å²) in [5, 5.41) is 7.98. The lowest BCUT2D eigenvalue weighted by Gasteiger charge is -2.22. The fourth-order valence-electron chi connectivity index (χ4n) is 1.13. The van der Waals surface area contributed by atoms with Crippen LogP contribution in [-0.4, -0.2) is 40.5 Å². The Bertz CT molecular complexity index is 248. The summed E-state index contributed by atoms with van der Waals surface area (Å²) in [5.74, 6) is 0.631. The third-order valence-electron chi connectivity index (χ3n) is 1.63. The van der Waals surface area contributed by atoms with Gasteiger partial charge >= 0.3 is 5.97 Å². The first-order valence-corrected chi connectivity index (χ1v) is 5.55. The van der Waals surface area contributed by atoms with Crippen molar-refractivity contribution < 1.29 is 9.53 Å². The fourth-order valence-corrected chi connectivity index (χ4v) is 1.97. The zero-order valence-electron chi connectivity index (χ0n) is 8.79. The predicted molar refractivity (Wildman–Crippen MR) is 57.6 cm³/mol. The van der Waals surface area contributed by atoms with Crippen LogP contribution in [0, 0.1) is 5.41 Å². The van der Waals surface area contributed by atoms with E-state index in [1.165, 1.54) is 11.8 Å². The molecule has 1 heterocycles. The Balaban J connectivity index is 2.37. The molecule has 1 saturated heterocycles. The van der Waals surface area contributed by atoms with Crippen molar-refractivity contribution in [2.75, 3.05) is 18.8 Å². The Kier molecular flexibility index (Phi) is 3.42. The summed E-state index contributed by atoms with van der Waals surface area (Å²) in [7, 11) is 0. The zero-order chi connectivity index (χ0) is 10.8. The van der Waals surface area contributed by atoms with Gasteiger partial charge in [-0.05, 0) is 20.8 Å². The summed E-state index contributed by atoms with van der Waals surface area (Å²) in [4.78, 5) is 13.1. The van der Waals surface area contributed by atoms with Gasteiger partial charge in [0.05, 0.1) is 0 Å². The van der Waals surface area contributed by atoms with Crippen molar-refractivity contribution in [2.24, 2.45) is 0 Å². The molecule has 0 aliphatic carbocycles. The van der Waals surface area contributed by atoms with E-state index >= 15 is 0 Å². The highest BCUT2D eigenvalue weighted by molar-refractivity contribution is 8.14. The molecule has 0 radical (unpaired) electrons. The number of ether oxygens (including phenoxy) is 1. The highest BCUT2D eigenvalue weighted by Gasteiger charge is 2.23. The molecule has 0 aromatic carbocycles. The van der Waals surface area contributed by atoms with Crippen molar-refractivity contribution in [1.82, 2.24) is 4.90 Å². The lowest BCUT2D eigenvalue weighted by Crippen LogP contribution is -2.35. The first kappa shape index (κ1) is 11.4. The summed E-state index contributed by atoms with van der Waals surface area (Å²) in [6, 6.07) is 0. The predicted octanol–water partition coefficient (Wildman–Crippen LogP) is 1.31. The lowest BCUT2D eigenvalue weighted by molar-refractivity contribution is -0.155. The second-order valence-corrected chi connectivity index (χ2v) is 5.25. The molecule has 5 heteroatoms. The summed E-state index contributed by atoms with van der Waals surface area (Å²) in [5.41, 5.74) is -0.438. The Morgan fingerprint density at radius 3 is 2.71 bits per heavy atom. The third-order valence-corrected chi connectivity index (χ3v) is 2.55. The van der Waals surface area contributed by atoms with Gasteiger partial charge in [0.1, 0.15) is 12.1 Å². The molecule has 0 unspecified atom stereocenters. The second-order valence-electron chi connectivity index (χ2n) is 4.16. The Hall–Kier alpha value is -0.710. The number of thioether (sulfide) groups is 1. The maximum absolute atomic E-state index is 11.4. The summed E-state index contributed by atoms with van der Waals surface area (Å²) < 4.78 is 5.16. The summed E-state index contributed by atoms with van der Waals surface area (Å²) >= 11 is 1.47. The van der Waals surface area contributed by atoms with Gasteiger partial charge in [-0.25, -0.2) is 0 Å². The monoisotopic (exact) mass is 216 g/mol. The average molecular weight is 216 g/mol. The van der Waals surface area contributed by atoms with E-state index < -0.39 is 5.60 Å². The molecule has 1 N–H and O–H groups in total. The SMILES string of the molecule is CC(C)(C)OC(=O)CN1CCSC1=N. The van der Waals surface area contributed by atoms with Gasteiger partial charge in [0.2, 0.25) is 0 Å². The van der Waals surface area contributed by atoms with Gasteiger partial charge in [-0.15, -0.1) is 0 Å². The fraction of sp³-hybridized carbons (Fsp3) is 0.778. The standard InChI is InChI=1S/C9H16N2O2S/c1-9(2,3)13-7(12)6-11-4-5-14-8(11)10/h10H,4-6H2,1-3H3. The lowest BCUT2D eigenvalue weighted by atomic mass is 10.2. The van der Waals surface area contributed by atoms with E-state index in [4.69, 9.17) is 10.1 Å². The van der Waals surface area contributed by atoms with E-state index in [1.807, 2.05) is 20.8 Å². The van der Waals surface area contributed by atoms with Crippen molar-refractivity contribution >= 4 is 22.9 Å². The highest BCUT2D eigenvalue weighted by atomic mass is 32.2. The number of hydrogen-bond donors (Lipinski definition) is 1. The van der Waals surface area contributed by atoms with Gasteiger partial charge in [0.25, 0.3) is 0 Å². The van der Waals surface area contributed by atoms with Crippen molar-refractivity contribution in [1.29, 1.82) is 5.41 Å². The molecule has 1 fully saturated rings. The van der Waals surface area contributed by atoms with Gasteiger partial charge in [0, 0.05) is 12.3 Å². The maximum atomic E-state index is 11.4. The molecule has 1 aliphatic heterocycles. The van der Waals surface area contributed by atoms with Gasteiger partial charge in [-0.3, -0.25) is 10.2 Å². The molecular formula is C9H16N2O2S. The first-order chi connectivity index (χ1) is 6.38. The van der Waals surface area contributed by atoms with Crippen LogP contribution in [0.3, 0.4) is 0 Å². The maximum Gasteiger partial charge on any atom is 0.326 e. The van der Waals surface area contributed by atoms with Crippen molar-refractivity contribution in [3.63, 3.8) is 0 Å². The second kappa shape index (κ2) is 4.21. The molecule has 0 saturated carbocycles. The molecule has 1 rings (SSSR count). The van der Waals surface area contributed by atoms with Crippen LogP contribution >= 0.6 is 11.8 Å². The molecule has 0 atom stereocenters. The molecule has 4 nitrogen and oxygen atoms in total. The van der Waals surface area contributed by atoms with E-state index in [2.05, 4.69) is 0 Å². The van der Waals surface area contributed by atoms with E-state index in [-0.39, 0.29) is 12.5 Å². The highest BCUT2D eigenvalue weighted by Crippen LogP contribution is 2.16. The molecular weight excluding hydrogens is 200 g/mol. The van der Waals surface area contributed by atoms with Crippen molar-refractivity contribution in [3.05, 3.63) is 0 Å². The molecule has 0 amide bonds. The van der Waals surface area contributed by atoms with Crippen molar-refractivity contribution in [3.8, 4) is 0 Å². The number of nitrogens with one attached hydrogen (secondary N) is 1. The van der Waals surface area contributed by atoms with E-state index in [0.29, 0.717) is 5.17 Å². The Morgan fingerprint density at radius 2 is 2.29 bits per heavy atom. The number of amidine groups is 1. The molecule has 80 valence electrons. The largest absolute Gasteiger partial charge is 0.459 e. The van der Waals surface area contributed by atoms with Crippen LogP contribution in [0.1, 0.15) is 20.8 Å². The summed E-state index contributed by atoms with van der Waals surface area (Å²) in [6.45, 7) is 6.49. The normalized spacial score (nSPS) is 17.4. The zero-order valence-corrected chi connectivity index (χ0v) is 9.61. The topological polar surface area (TPSA) is 53.4 Å². The Morgan fingerprint density at radius 1 is 1.64 bits per heavy atom. The Labute approximate surface area is 88.5 Å². The molecule has 1 aliphatic rings. The minimum absolute atomic E-state index is 0.198. The van der Waals surface area contributed by atoms with Crippen LogP contribution in [0.4, 0.5) is 0 Å². The van der Waals surface area contributed by atoms with E-state index in [0.717, 1.165) is 12.3 Å². The first-order valence-electron chi connectivity index (χ1n) is 4.56. The number of carbonyl (C=O) groups is 1. The van der Waals surface area contributed by atoms with Gasteiger partial charge in [0.15, 0.2) is 5.17 Å². The number of carbonyl (C=O) groups excluding carboxylic acids is 1. The quantitative estimate of drug-likeness (QED) is 0.707. The molecule has 14 heavy (non-hydrogen) atoms. The smallest absolute Gasteiger partial charge is 0.326 e. The molecule has 0 aromatic heterocycles. The minimum Gasteiger partial charge on any atom is -0.459 e. The van der Waals surface area contributed by atoms with Gasteiger partial charge in [-0.2, -0.15) is 0 Å². The number of rotatable bonds is 2. The van der Waals surface area contributed by atoms with Gasteiger partial charge in [-0.1, -0.05) is 11.8 Å². The molecule has 0 bridgehead atoms. The van der Waals surface area contributed by atoms with Crippen LogP contribution in [0.25, 0.3) is 0 Å². The van der Waals surface area contributed by atoms with Crippen molar-refractivity contribution in [2.45, 2.75) is 26.4 Å². The van der Waals surface area contributed by atoms with Crippen LogP contribution in [-0.2, 0) is 9.53 Å².